The second-order valence-corrected chi connectivity index (χ2v) is 5.20. The van der Waals surface area contributed by atoms with Crippen molar-refractivity contribution in [3.05, 3.63) is 33.1 Å². The molecule has 0 bridgehead atoms. The molecule has 0 aliphatic carbocycles. The van der Waals surface area contributed by atoms with E-state index in [0.717, 1.165) is 0 Å². The lowest BCUT2D eigenvalue weighted by atomic mass is 9.61. The van der Waals surface area contributed by atoms with E-state index < -0.39 is 28.5 Å². The van der Waals surface area contributed by atoms with Crippen LogP contribution in [0.5, 0.6) is 0 Å². The second-order valence-electron chi connectivity index (χ2n) is 5.20. The zero-order chi connectivity index (χ0) is 17.6. The molecule has 10 heteroatoms. The Bertz CT molecular complexity index is 552. The summed E-state index contributed by atoms with van der Waals surface area (Å²) >= 11 is 0. The van der Waals surface area contributed by atoms with E-state index in [9.17, 15) is 14.7 Å². The monoisotopic (exact) mass is 310 g/mol. The lowest BCUT2D eigenvalue weighted by Gasteiger charge is -2.29. The number of ether oxygens (including phenoxy) is 1. The van der Waals surface area contributed by atoms with Crippen molar-refractivity contribution in [1.82, 2.24) is 9.55 Å². The van der Waals surface area contributed by atoms with E-state index in [1.807, 2.05) is 0 Å². The summed E-state index contributed by atoms with van der Waals surface area (Å²) < 4.78 is 6.18. The van der Waals surface area contributed by atoms with Crippen molar-refractivity contribution in [2.24, 2.45) is 0 Å². The minimum absolute atomic E-state index is 0.213. The fraction of sp³-hybridized carbons (Fsp3) is 0.667. The van der Waals surface area contributed by atoms with Gasteiger partial charge in [0.25, 0.3) is 5.56 Å². The van der Waals surface area contributed by atoms with E-state index in [1.165, 1.54) is 37.8 Å². The zero-order valence-electron chi connectivity index (χ0n) is 12.8. The smallest absolute Gasteiger partial charge is 0.328 e. The first kappa shape index (κ1) is 20.6. The number of hydrogen-bond acceptors (Lipinski definition) is 6. The topological polar surface area (TPSA) is 125 Å². The molecule has 4 radical (unpaired) electrons. The molecule has 1 aromatic heterocycles. The van der Waals surface area contributed by atoms with Gasteiger partial charge in [0.15, 0.2) is 5.79 Å². The van der Waals surface area contributed by atoms with Crippen LogP contribution in [-0.4, -0.2) is 65.0 Å². The second kappa shape index (κ2) is 8.33. The molecule has 4 N–H and O–H groups in total. The maximum atomic E-state index is 11.3. The Morgan fingerprint density at radius 3 is 2.18 bits per heavy atom. The molecule has 1 aromatic rings. The van der Waals surface area contributed by atoms with Crippen LogP contribution in [0.15, 0.2) is 21.9 Å². The number of aromatic amines is 1. The molecule has 1 unspecified atom stereocenters. The van der Waals surface area contributed by atoms with Gasteiger partial charge in [-0.05, 0) is 20.3 Å². The molecule has 0 fully saturated rings. The average Bonchev–Trinajstić information content (AvgIpc) is 2.28. The highest BCUT2D eigenvalue weighted by molar-refractivity contribution is 6.39. The summed E-state index contributed by atoms with van der Waals surface area (Å²) in [5, 5.41) is 23.5. The number of hydrogen-bond donors (Lipinski definition) is 4. The summed E-state index contributed by atoms with van der Waals surface area (Å²) in [5.74, 6) is -1.50. The summed E-state index contributed by atoms with van der Waals surface area (Å²) in [6, 6.07) is 1.22. The highest BCUT2D eigenvalue weighted by atomic mass is 16.5. The number of aryl methyl sites for hydroxylation is 1. The Morgan fingerprint density at radius 1 is 1.32 bits per heavy atom. The maximum absolute atomic E-state index is 11.3. The SMILES string of the molecule is CC(C)(O)O.[B]C([B])(O)C(CCn1ccc(=O)[nH]c1=O)OC. The normalized spacial score (nSPS) is 13.2. The van der Waals surface area contributed by atoms with Gasteiger partial charge in [-0.15, -0.1) is 0 Å². The molecule has 0 spiro atoms. The van der Waals surface area contributed by atoms with E-state index >= 15 is 0 Å². The molecule has 1 atom stereocenters. The van der Waals surface area contributed by atoms with Crippen molar-refractivity contribution in [3.63, 3.8) is 0 Å². The summed E-state index contributed by atoms with van der Waals surface area (Å²) in [6.45, 7) is 2.81. The summed E-state index contributed by atoms with van der Waals surface area (Å²) in [7, 11) is 11.9. The quantitative estimate of drug-likeness (QED) is 0.356. The Morgan fingerprint density at radius 2 is 1.82 bits per heavy atom. The molecule has 120 valence electrons. The van der Waals surface area contributed by atoms with Crippen LogP contribution in [0.25, 0.3) is 0 Å². The van der Waals surface area contributed by atoms with Crippen molar-refractivity contribution < 1.29 is 20.1 Å². The molecule has 0 saturated carbocycles. The first-order valence-electron chi connectivity index (χ1n) is 6.42. The lowest BCUT2D eigenvalue weighted by molar-refractivity contribution is -0.127. The number of methoxy groups -OCH3 is 1. The Hall–Kier alpha value is -1.35. The molecule has 1 heterocycles. The molecule has 8 nitrogen and oxygen atoms in total. The predicted molar refractivity (Wildman–Crippen MR) is 81.7 cm³/mol. The summed E-state index contributed by atoms with van der Waals surface area (Å²) in [6.07, 6.45) is 0.757. The molecule has 1 rings (SSSR count). The third-order valence-electron chi connectivity index (χ3n) is 2.33. The highest BCUT2D eigenvalue weighted by Crippen LogP contribution is 2.10. The van der Waals surface area contributed by atoms with Crippen molar-refractivity contribution in [1.29, 1.82) is 0 Å². The molecule has 22 heavy (non-hydrogen) atoms. The van der Waals surface area contributed by atoms with Crippen molar-refractivity contribution in [2.75, 3.05) is 7.11 Å². The van der Waals surface area contributed by atoms with Crippen molar-refractivity contribution in [3.8, 4) is 0 Å². The highest BCUT2D eigenvalue weighted by Gasteiger charge is 2.25. The average molecular weight is 310 g/mol. The van der Waals surface area contributed by atoms with Gasteiger partial charge >= 0.3 is 5.69 Å². The molecule has 0 aromatic carbocycles. The van der Waals surface area contributed by atoms with Gasteiger partial charge in [0.2, 0.25) is 0 Å². The van der Waals surface area contributed by atoms with E-state index in [1.54, 1.807) is 0 Å². The van der Waals surface area contributed by atoms with E-state index in [4.69, 9.17) is 30.6 Å². The van der Waals surface area contributed by atoms with Crippen LogP contribution in [0.2, 0.25) is 0 Å². The minimum Gasteiger partial charge on any atom is -0.407 e. The Kier molecular flexibility index (Phi) is 7.82. The van der Waals surface area contributed by atoms with Crippen LogP contribution >= 0.6 is 0 Å². The predicted octanol–water partition coefficient (Wildman–Crippen LogP) is -2.37. The number of nitrogens with one attached hydrogen (secondary N) is 1. The molecule has 0 aliphatic rings. The largest absolute Gasteiger partial charge is 0.407 e. The fourth-order valence-electron chi connectivity index (χ4n) is 1.41. The lowest BCUT2D eigenvalue weighted by Crippen LogP contribution is -2.45. The standard InChI is InChI=1S/C9H12B2N2O4.C3H8O2/c1-17-6(9(10,11)16)2-4-13-5-3-7(14)12-8(13)15;1-3(2,4)5/h3,5-6,16H,2,4H2,1H3,(H,12,14,15);4-5H,1-2H3. The van der Waals surface area contributed by atoms with Crippen molar-refractivity contribution >= 4 is 15.7 Å². The van der Waals surface area contributed by atoms with Crippen molar-refractivity contribution in [2.45, 2.75) is 44.1 Å². The van der Waals surface area contributed by atoms with Crippen LogP contribution in [0.3, 0.4) is 0 Å². The van der Waals surface area contributed by atoms with Gasteiger partial charge in [-0.3, -0.25) is 9.78 Å². The van der Waals surface area contributed by atoms with Crippen LogP contribution in [-0.2, 0) is 11.3 Å². The number of aliphatic hydroxyl groups is 3. The first-order valence-corrected chi connectivity index (χ1v) is 6.42. The van der Waals surface area contributed by atoms with Gasteiger partial charge in [0, 0.05) is 31.3 Å². The van der Waals surface area contributed by atoms with E-state index in [0.29, 0.717) is 0 Å². The Labute approximate surface area is 130 Å². The van der Waals surface area contributed by atoms with Gasteiger partial charge in [0.05, 0.1) is 6.10 Å². The number of rotatable bonds is 5. The number of nitrogens with zero attached hydrogens (tertiary/aromatic N) is 1. The zero-order valence-corrected chi connectivity index (χ0v) is 12.8. The summed E-state index contributed by atoms with van der Waals surface area (Å²) in [5.41, 5.74) is -1.01. The van der Waals surface area contributed by atoms with Gasteiger partial charge in [-0.25, -0.2) is 4.79 Å². The molecule has 0 amide bonds. The third kappa shape index (κ3) is 9.56. The Balaban J connectivity index is 0.000000763. The molecular formula is C12H20B2N2O6. The van der Waals surface area contributed by atoms with Crippen LogP contribution in [0.4, 0.5) is 0 Å². The fourth-order valence-corrected chi connectivity index (χ4v) is 1.41. The third-order valence-corrected chi connectivity index (χ3v) is 2.33. The molecular weight excluding hydrogens is 290 g/mol. The molecule has 0 saturated heterocycles. The van der Waals surface area contributed by atoms with Crippen LogP contribution in [0.1, 0.15) is 20.3 Å². The van der Waals surface area contributed by atoms with E-state index in [2.05, 4.69) is 4.98 Å². The van der Waals surface area contributed by atoms with Gasteiger partial charge < -0.3 is 24.6 Å². The first-order chi connectivity index (χ1) is 9.84. The van der Waals surface area contributed by atoms with Gasteiger partial charge in [0.1, 0.15) is 15.7 Å². The van der Waals surface area contributed by atoms with Crippen LogP contribution in [0, 0.1) is 0 Å². The molecule has 0 aliphatic heterocycles. The maximum Gasteiger partial charge on any atom is 0.328 e. The minimum atomic E-state index is -1.97. The number of aromatic nitrogens is 2. The van der Waals surface area contributed by atoms with Crippen LogP contribution < -0.4 is 11.2 Å². The number of H-pyrrole nitrogens is 1. The van der Waals surface area contributed by atoms with E-state index in [-0.39, 0.29) is 13.0 Å². The summed E-state index contributed by atoms with van der Waals surface area (Å²) in [4.78, 5) is 24.3. The van der Waals surface area contributed by atoms with Gasteiger partial charge in [-0.2, -0.15) is 0 Å². The van der Waals surface area contributed by atoms with Gasteiger partial charge in [-0.1, -0.05) is 0 Å².